The van der Waals surface area contributed by atoms with Crippen LogP contribution in [0.15, 0.2) is 72.8 Å². The highest BCUT2D eigenvalue weighted by Gasteiger charge is 2.20. The van der Waals surface area contributed by atoms with Crippen LogP contribution in [-0.4, -0.2) is 34.7 Å². The van der Waals surface area contributed by atoms with Crippen molar-refractivity contribution >= 4 is 6.08 Å². The maximum atomic E-state index is 13.3. The van der Waals surface area contributed by atoms with Crippen molar-refractivity contribution in [2.75, 3.05) is 20.2 Å². The number of halogens is 1. The third-order valence-electron chi connectivity index (χ3n) is 6.23. The molecule has 0 spiro atoms. The number of hydrogen-bond donors (Lipinski definition) is 1. The van der Waals surface area contributed by atoms with Crippen molar-refractivity contribution in [2.24, 2.45) is 5.90 Å². The van der Waals surface area contributed by atoms with Gasteiger partial charge in [-0.3, -0.25) is 4.84 Å². The molecule has 1 fully saturated rings. The molecule has 34 heavy (non-hydrogen) atoms. The van der Waals surface area contributed by atoms with Gasteiger partial charge in [0.1, 0.15) is 17.7 Å². The van der Waals surface area contributed by atoms with E-state index in [2.05, 4.69) is 28.6 Å². The van der Waals surface area contributed by atoms with E-state index < -0.39 is 0 Å². The van der Waals surface area contributed by atoms with Crippen molar-refractivity contribution in [3.8, 4) is 11.4 Å². The quantitative estimate of drug-likeness (QED) is 0.458. The summed E-state index contributed by atoms with van der Waals surface area (Å²) in [5.41, 5.74) is 6.03. The van der Waals surface area contributed by atoms with E-state index >= 15 is 0 Å². The van der Waals surface area contributed by atoms with Gasteiger partial charge in [-0.1, -0.05) is 24.8 Å². The zero-order valence-corrected chi connectivity index (χ0v) is 19.7. The summed E-state index contributed by atoms with van der Waals surface area (Å²) < 4.78 is 20.9. The average Bonchev–Trinajstić information content (AvgIpc) is 3.28. The minimum atomic E-state index is -0.300. The fourth-order valence-electron chi connectivity index (χ4n) is 4.36. The van der Waals surface area contributed by atoms with Crippen LogP contribution in [-0.2, 0) is 4.84 Å². The Hall–Kier alpha value is -3.42. The molecule has 2 heterocycles. The highest BCUT2D eigenvalue weighted by atomic mass is 19.1. The minimum absolute atomic E-state index is 0.275. The number of aryl methyl sites for hydroxylation is 1. The number of rotatable bonds is 8. The maximum Gasteiger partial charge on any atom is 0.143 e. The van der Waals surface area contributed by atoms with E-state index in [1.165, 1.54) is 17.7 Å². The Morgan fingerprint density at radius 1 is 1.24 bits per heavy atom. The third kappa shape index (κ3) is 5.38. The van der Waals surface area contributed by atoms with Crippen LogP contribution in [0.3, 0.4) is 0 Å². The Morgan fingerprint density at radius 3 is 2.71 bits per heavy atom. The second-order valence-electron chi connectivity index (χ2n) is 8.53. The molecular formula is C27H31FN4O2. The SMILES string of the molecule is C=C1/C(=C/c2ccc(-n3cnc(C)c3)c(OC)c2)CCCN1CC[C@@H](ON)c1ccc(F)cc1. The summed E-state index contributed by atoms with van der Waals surface area (Å²) in [6.07, 6.45) is 8.33. The Morgan fingerprint density at radius 2 is 2.03 bits per heavy atom. The second kappa shape index (κ2) is 10.7. The van der Waals surface area contributed by atoms with Crippen LogP contribution in [0.5, 0.6) is 5.75 Å². The van der Waals surface area contributed by atoms with E-state index in [-0.39, 0.29) is 11.9 Å². The average molecular weight is 463 g/mol. The van der Waals surface area contributed by atoms with Gasteiger partial charge in [0.2, 0.25) is 0 Å². The topological polar surface area (TPSA) is 65.5 Å². The van der Waals surface area contributed by atoms with Crippen molar-refractivity contribution in [1.82, 2.24) is 14.5 Å². The standard InChI is InChI=1S/C27H31FN4O2/c1-19-17-32(18-30-19)25-11-6-21(16-27(25)33-3)15-23-5-4-13-31(20(23)2)14-12-26(34-29)22-7-9-24(28)10-8-22/h6-11,15-18,26H,2,4-5,12-14,29H2,1,3H3/b23-15+/t26-/m1/s1. The molecule has 0 saturated carbocycles. The molecule has 1 atom stereocenters. The lowest BCUT2D eigenvalue weighted by atomic mass is 9.97. The zero-order chi connectivity index (χ0) is 24.1. The van der Waals surface area contributed by atoms with Crippen molar-refractivity contribution < 1.29 is 14.0 Å². The van der Waals surface area contributed by atoms with E-state index in [1.54, 1.807) is 25.6 Å². The van der Waals surface area contributed by atoms with E-state index in [0.29, 0.717) is 6.42 Å². The second-order valence-corrected chi connectivity index (χ2v) is 8.53. The molecule has 0 unspecified atom stereocenters. The maximum absolute atomic E-state index is 13.3. The Balaban J connectivity index is 1.47. The molecular weight excluding hydrogens is 431 g/mol. The summed E-state index contributed by atoms with van der Waals surface area (Å²) in [7, 11) is 1.68. The van der Waals surface area contributed by atoms with Crippen molar-refractivity contribution in [2.45, 2.75) is 32.3 Å². The first-order chi connectivity index (χ1) is 16.5. The predicted octanol–water partition coefficient (Wildman–Crippen LogP) is 5.34. The van der Waals surface area contributed by atoms with Gasteiger partial charge in [0.15, 0.2) is 0 Å². The lowest BCUT2D eigenvalue weighted by Gasteiger charge is -2.34. The van der Waals surface area contributed by atoms with Crippen LogP contribution in [0.2, 0.25) is 0 Å². The molecule has 6 nitrogen and oxygen atoms in total. The molecule has 4 rings (SSSR count). The van der Waals surface area contributed by atoms with E-state index in [1.807, 2.05) is 29.8 Å². The molecule has 0 bridgehead atoms. The molecule has 1 aliphatic rings. The van der Waals surface area contributed by atoms with Gasteiger partial charge < -0.3 is 14.2 Å². The van der Waals surface area contributed by atoms with Crippen LogP contribution in [0.25, 0.3) is 11.8 Å². The van der Waals surface area contributed by atoms with Gasteiger partial charge in [-0.05, 0) is 73.2 Å². The lowest BCUT2D eigenvalue weighted by molar-refractivity contribution is 0.0404. The van der Waals surface area contributed by atoms with Crippen LogP contribution < -0.4 is 10.6 Å². The number of imidazole rings is 1. The van der Waals surface area contributed by atoms with Crippen LogP contribution in [0, 0.1) is 12.7 Å². The predicted molar refractivity (Wildman–Crippen MR) is 132 cm³/mol. The van der Waals surface area contributed by atoms with E-state index in [0.717, 1.165) is 59.9 Å². The summed E-state index contributed by atoms with van der Waals surface area (Å²) in [4.78, 5) is 11.8. The summed E-state index contributed by atoms with van der Waals surface area (Å²) in [6.45, 7) is 8.00. The molecule has 2 aromatic carbocycles. The van der Waals surface area contributed by atoms with Crippen LogP contribution >= 0.6 is 0 Å². The molecule has 2 N–H and O–H groups in total. The van der Waals surface area contributed by atoms with E-state index in [4.69, 9.17) is 15.5 Å². The van der Waals surface area contributed by atoms with Crippen LogP contribution in [0.4, 0.5) is 4.39 Å². The Kier molecular flexibility index (Phi) is 7.45. The lowest BCUT2D eigenvalue weighted by Crippen LogP contribution is -2.31. The summed E-state index contributed by atoms with van der Waals surface area (Å²) in [5.74, 6) is 6.05. The molecule has 7 heteroatoms. The normalized spacial score (nSPS) is 16.2. The minimum Gasteiger partial charge on any atom is -0.495 e. The Bertz CT molecular complexity index is 1170. The number of methoxy groups -OCH3 is 1. The molecule has 178 valence electrons. The first kappa shape index (κ1) is 23.7. The highest BCUT2D eigenvalue weighted by Crippen LogP contribution is 2.31. The number of aromatic nitrogens is 2. The summed E-state index contributed by atoms with van der Waals surface area (Å²) in [5, 5.41) is 0. The largest absolute Gasteiger partial charge is 0.495 e. The van der Waals surface area contributed by atoms with Crippen molar-refractivity contribution in [3.63, 3.8) is 0 Å². The summed E-state index contributed by atoms with van der Waals surface area (Å²) in [6, 6.07) is 12.4. The number of ether oxygens (including phenoxy) is 1. The van der Waals surface area contributed by atoms with Crippen molar-refractivity contribution in [1.29, 1.82) is 0 Å². The van der Waals surface area contributed by atoms with Gasteiger partial charge in [0.05, 0.1) is 24.8 Å². The number of allylic oxidation sites excluding steroid dienone is 1. The third-order valence-corrected chi connectivity index (χ3v) is 6.23. The molecule has 1 aromatic heterocycles. The van der Waals surface area contributed by atoms with Gasteiger partial charge in [-0.2, -0.15) is 0 Å². The fraction of sp³-hybridized carbons (Fsp3) is 0.296. The zero-order valence-electron chi connectivity index (χ0n) is 19.7. The highest BCUT2D eigenvalue weighted by molar-refractivity contribution is 5.63. The molecule has 0 radical (unpaired) electrons. The fourth-order valence-corrected chi connectivity index (χ4v) is 4.36. The van der Waals surface area contributed by atoms with Gasteiger partial charge in [0.25, 0.3) is 0 Å². The van der Waals surface area contributed by atoms with Crippen LogP contribution in [0.1, 0.15) is 42.2 Å². The molecule has 1 aliphatic heterocycles. The molecule has 0 amide bonds. The number of nitrogens with two attached hydrogens (primary N) is 1. The number of benzene rings is 2. The van der Waals surface area contributed by atoms with E-state index in [9.17, 15) is 4.39 Å². The first-order valence-electron chi connectivity index (χ1n) is 11.4. The van der Waals surface area contributed by atoms with Crippen molar-refractivity contribution in [3.05, 3.63) is 95.5 Å². The number of likely N-dealkylation sites (tertiary alicyclic amines) is 1. The number of piperidine rings is 1. The molecule has 1 saturated heterocycles. The summed E-state index contributed by atoms with van der Waals surface area (Å²) >= 11 is 0. The first-order valence-corrected chi connectivity index (χ1v) is 11.4. The monoisotopic (exact) mass is 462 g/mol. The molecule has 3 aromatic rings. The number of hydrogen-bond acceptors (Lipinski definition) is 5. The van der Waals surface area contributed by atoms with Gasteiger partial charge in [0, 0.05) is 25.0 Å². The molecule has 0 aliphatic carbocycles. The van der Waals surface area contributed by atoms with Gasteiger partial charge >= 0.3 is 0 Å². The smallest absolute Gasteiger partial charge is 0.143 e. The Labute approximate surface area is 200 Å². The van der Waals surface area contributed by atoms with Gasteiger partial charge in [-0.25, -0.2) is 15.3 Å². The number of nitrogens with zero attached hydrogens (tertiary/aromatic N) is 3. The van der Waals surface area contributed by atoms with Gasteiger partial charge in [-0.15, -0.1) is 0 Å².